The standard InChI is InChI=1S/C31H45F2N9O5/c1-38-9-10-42(21-25(38)43)29-27-26(34-31(37-29)41(13-17-46-5)14-18-47-6)28(39(2)20-22-7-8-23(32)24(33)19-22)36-30(35-27)40(11-15-44-3)12-16-45-4/h7-8,19H,9-18,20-21H2,1-6H3. The zero-order chi connectivity index (χ0) is 33.9. The Hall–Kier alpha value is -3.99. The number of nitrogens with zero attached hydrogens (tertiary/aromatic N) is 9. The molecule has 1 amide bonds. The number of hydrogen-bond donors (Lipinski definition) is 0. The molecule has 0 bridgehead atoms. The van der Waals surface area contributed by atoms with Crippen molar-refractivity contribution in [3.8, 4) is 0 Å². The first-order valence-corrected chi connectivity index (χ1v) is 15.4. The van der Waals surface area contributed by atoms with Crippen molar-refractivity contribution in [2.45, 2.75) is 6.54 Å². The predicted octanol–water partition coefficient (Wildman–Crippen LogP) is 1.81. The minimum atomic E-state index is -0.937. The molecular weight excluding hydrogens is 616 g/mol. The summed E-state index contributed by atoms with van der Waals surface area (Å²) >= 11 is 0. The zero-order valence-electron chi connectivity index (χ0n) is 28.0. The van der Waals surface area contributed by atoms with Crippen molar-refractivity contribution < 1.29 is 32.5 Å². The van der Waals surface area contributed by atoms with Gasteiger partial charge in [0.05, 0.1) is 33.0 Å². The Morgan fingerprint density at radius 2 is 1.32 bits per heavy atom. The molecule has 16 heteroatoms. The highest BCUT2D eigenvalue weighted by Crippen LogP contribution is 2.33. The number of rotatable bonds is 18. The zero-order valence-corrected chi connectivity index (χ0v) is 28.0. The van der Waals surface area contributed by atoms with Gasteiger partial charge in [-0.2, -0.15) is 9.97 Å². The minimum Gasteiger partial charge on any atom is -0.383 e. The fourth-order valence-electron chi connectivity index (χ4n) is 5.09. The van der Waals surface area contributed by atoms with Gasteiger partial charge in [0.25, 0.3) is 0 Å². The summed E-state index contributed by atoms with van der Waals surface area (Å²) in [5.74, 6) is -0.210. The first kappa shape index (κ1) is 35.9. The van der Waals surface area contributed by atoms with Crippen molar-refractivity contribution in [3.05, 3.63) is 35.4 Å². The first-order chi connectivity index (χ1) is 22.7. The normalized spacial score (nSPS) is 13.5. The average molecular weight is 662 g/mol. The van der Waals surface area contributed by atoms with Crippen LogP contribution in [0.15, 0.2) is 18.2 Å². The Labute approximate surface area is 274 Å². The third-order valence-electron chi connectivity index (χ3n) is 7.83. The minimum absolute atomic E-state index is 0.0491. The van der Waals surface area contributed by atoms with Crippen LogP contribution in [0.25, 0.3) is 11.0 Å². The van der Waals surface area contributed by atoms with Gasteiger partial charge in [-0.3, -0.25) is 4.79 Å². The van der Waals surface area contributed by atoms with E-state index in [-0.39, 0.29) is 19.0 Å². The second-order valence-corrected chi connectivity index (χ2v) is 11.2. The number of hydrogen-bond acceptors (Lipinski definition) is 13. The molecule has 14 nitrogen and oxygen atoms in total. The van der Waals surface area contributed by atoms with Gasteiger partial charge in [0.2, 0.25) is 17.8 Å². The van der Waals surface area contributed by atoms with Crippen molar-refractivity contribution in [2.24, 2.45) is 0 Å². The van der Waals surface area contributed by atoms with Gasteiger partial charge in [0.1, 0.15) is 11.0 Å². The van der Waals surface area contributed by atoms with Crippen LogP contribution in [0.5, 0.6) is 0 Å². The summed E-state index contributed by atoms with van der Waals surface area (Å²) in [6.07, 6.45) is 0. The fourth-order valence-corrected chi connectivity index (χ4v) is 5.09. The number of aromatic nitrogens is 4. The van der Waals surface area contributed by atoms with Crippen LogP contribution in [-0.4, -0.2) is 146 Å². The summed E-state index contributed by atoms with van der Waals surface area (Å²) in [6.45, 7) is 4.89. The van der Waals surface area contributed by atoms with E-state index in [4.69, 9.17) is 38.9 Å². The number of carbonyl (C=O) groups is 1. The van der Waals surface area contributed by atoms with E-state index in [9.17, 15) is 13.6 Å². The molecule has 258 valence electrons. The number of methoxy groups -OCH3 is 4. The van der Waals surface area contributed by atoms with E-state index < -0.39 is 11.6 Å². The van der Waals surface area contributed by atoms with Crippen molar-refractivity contribution in [3.63, 3.8) is 0 Å². The number of likely N-dealkylation sites (N-methyl/N-ethyl adjacent to an activating group) is 1. The van der Waals surface area contributed by atoms with E-state index in [0.717, 1.165) is 6.07 Å². The van der Waals surface area contributed by atoms with Gasteiger partial charge in [-0.25, -0.2) is 18.7 Å². The number of piperazine rings is 1. The fraction of sp³-hybridized carbons (Fsp3) is 0.581. The number of ether oxygens (including phenoxy) is 4. The number of carbonyl (C=O) groups excluding carboxylic acids is 1. The molecular formula is C31H45F2N9O5. The molecule has 1 saturated heterocycles. The molecule has 1 fully saturated rings. The SMILES string of the molecule is COCCN(CCOC)c1nc(N2CCN(C)C(=O)C2)c2nc(N(CCOC)CCOC)nc(N(C)Cc3ccc(F)c(F)c3)c2n1. The molecule has 0 unspecified atom stereocenters. The predicted molar refractivity (Wildman–Crippen MR) is 175 cm³/mol. The molecule has 0 aliphatic carbocycles. The summed E-state index contributed by atoms with van der Waals surface area (Å²) in [5.41, 5.74) is 1.42. The molecule has 0 N–H and O–H groups in total. The number of fused-ring (bicyclic) bond motifs is 1. The largest absolute Gasteiger partial charge is 0.383 e. The number of amides is 1. The third kappa shape index (κ3) is 9.09. The molecule has 0 atom stereocenters. The van der Waals surface area contributed by atoms with Crippen LogP contribution in [0.2, 0.25) is 0 Å². The Morgan fingerprint density at radius 3 is 1.85 bits per heavy atom. The molecule has 3 aromatic rings. The van der Waals surface area contributed by atoms with Gasteiger partial charge in [-0.1, -0.05) is 6.07 Å². The van der Waals surface area contributed by atoms with E-state index >= 15 is 0 Å². The quantitative estimate of drug-likeness (QED) is 0.197. The van der Waals surface area contributed by atoms with Crippen LogP contribution in [0, 0.1) is 11.6 Å². The number of benzene rings is 1. The van der Waals surface area contributed by atoms with Crippen LogP contribution in [0.4, 0.5) is 32.3 Å². The van der Waals surface area contributed by atoms with Crippen LogP contribution in [0.1, 0.15) is 5.56 Å². The monoisotopic (exact) mass is 661 g/mol. The van der Waals surface area contributed by atoms with Crippen LogP contribution in [-0.2, 0) is 30.3 Å². The van der Waals surface area contributed by atoms with E-state index in [0.29, 0.717) is 106 Å². The summed E-state index contributed by atoms with van der Waals surface area (Å²) in [5, 5.41) is 0. The van der Waals surface area contributed by atoms with Crippen molar-refractivity contribution in [1.29, 1.82) is 0 Å². The molecule has 0 spiro atoms. The van der Waals surface area contributed by atoms with E-state index in [1.54, 1.807) is 47.4 Å². The molecule has 1 aromatic carbocycles. The van der Waals surface area contributed by atoms with Crippen LogP contribution in [0.3, 0.4) is 0 Å². The Kier molecular flexibility index (Phi) is 13.2. The maximum Gasteiger partial charge on any atom is 0.241 e. The van der Waals surface area contributed by atoms with E-state index in [1.165, 1.54) is 12.1 Å². The summed E-state index contributed by atoms with van der Waals surface area (Å²) in [7, 11) is 10.1. The van der Waals surface area contributed by atoms with Gasteiger partial charge < -0.3 is 43.4 Å². The Balaban J connectivity index is 1.96. The van der Waals surface area contributed by atoms with Gasteiger partial charge in [-0.05, 0) is 17.7 Å². The highest BCUT2D eigenvalue weighted by Gasteiger charge is 2.29. The lowest BCUT2D eigenvalue weighted by molar-refractivity contribution is -0.129. The summed E-state index contributed by atoms with van der Waals surface area (Å²) in [4.78, 5) is 42.2. The van der Waals surface area contributed by atoms with Crippen molar-refractivity contribution in [1.82, 2.24) is 24.8 Å². The third-order valence-corrected chi connectivity index (χ3v) is 7.83. The lowest BCUT2D eigenvalue weighted by atomic mass is 10.2. The molecule has 0 radical (unpaired) electrons. The van der Waals surface area contributed by atoms with Crippen molar-refractivity contribution in [2.75, 3.05) is 134 Å². The maximum absolute atomic E-state index is 14.2. The Bertz CT molecular complexity index is 1470. The average Bonchev–Trinajstić information content (AvgIpc) is 3.07. The maximum atomic E-state index is 14.2. The molecule has 0 saturated carbocycles. The van der Waals surface area contributed by atoms with Crippen molar-refractivity contribution >= 4 is 40.5 Å². The lowest BCUT2D eigenvalue weighted by Gasteiger charge is -2.34. The highest BCUT2D eigenvalue weighted by atomic mass is 19.2. The molecule has 3 heterocycles. The second kappa shape index (κ2) is 17.2. The molecule has 1 aliphatic heterocycles. The molecule has 2 aromatic heterocycles. The first-order valence-electron chi connectivity index (χ1n) is 15.4. The molecule has 4 rings (SSSR count). The summed E-state index contributed by atoms with van der Waals surface area (Å²) in [6, 6.07) is 3.80. The van der Waals surface area contributed by atoms with E-state index in [1.807, 2.05) is 19.6 Å². The van der Waals surface area contributed by atoms with Gasteiger partial charge in [0, 0.05) is 88.3 Å². The molecule has 1 aliphatic rings. The van der Waals surface area contributed by atoms with Gasteiger partial charge >= 0.3 is 0 Å². The second-order valence-electron chi connectivity index (χ2n) is 11.2. The number of anilines is 4. The number of halogens is 2. The topological polar surface area (TPSA) is 122 Å². The Morgan fingerprint density at radius 1 is 0.766 bits per heavy atom. The van der Waals surface area contributed by atoms with Crippen LogP contribution < -0.4 is 19.6 Å². The highest BCUT2D eigenvalue weighted by molar-refractivity contribution is 5.96. The van der Waals surface area contributed by atoms with Gasteiger partial charge in [0.15, 0.2) is 23.3 Å². The van der Waals surface area contributed by atoms with E-state index in [2.05, 4.69) is 0 Å². The van der Waals surface area contributed by atoms with Gasteiger partial charge in [-0.15, -0.1) is 0 Å². The lowest BCUT2D eigenvalue weighted by Crippen LogP contribution is -2.49. The smallest absolute Gasteiger partial charge is 0.241 e. The summed E-state index contributed by atoms with van der Waals surface area (Å²) < 4.78 is 49.5. The molecule has 47 heavy (non-hydrogen) atoms. The van der Waals surface area contributed by atoms with Crippen LogP contribution >= 0.6 is 0 Å².